The number of aromatic nitrogens is 7. The van der Waals surface area contributed by atoms with E-state index < -0.39 is 0 Å². The summed E-state index contributed by atoms with van der Waals surface area (Å²) in [6.07, 6.45) is 3.61. The summed E-state index contributed by atoms with van der Waals surface area (Å²) in [5.74, 6) is -0.299. The molecule has 1 N–H and O–H groups in total. The van der Waals surface area contributed by atoms with Gasteiger partial charge < -0.3 is 15.0 Å². The number of benzene rings is 1. The molecule has 11 heteroatoms. The monoisotopic (exact) mass is 475 g/mol. The lowest BCUT2D eigenvalue weighted by atomic mass is 10.0. The topological polar surface area (TPSA) is 115 Å². The fourth-order valence-electron chi connectivity index (χ4n) is 4.02. The van der Waals surface area contributed by atoms with Crippen molar-refractivity contribution < 1.29 is 9.53 Å². The fourth-order valence-corrected chi connectivity index (χ4v) is 4.02. The van der Waals surface area contributed by atoms with Crippen molar-refractivity contribution in [1.29, 1.82) is 0 Å². The highest BCUT2D eigenvalue weighted by atomic mass is 16.5. The van der Waals surface area contributed by atoms with Crippen molar-refractivity contribution >= 4 is 17.1 Å². The molecule has 1 aromatic carbocycles. The van der Waals surface area contributed by atoms with Crippen molar-refractivity contribution in [2.45, 2.75) is 39.8 Å². The molecule has 0 spiro atoms. The van der Waals surface area contributed by atoms with Gasteiger partial charge in [-0.05, 0) is 56.2 Å². The van der Waals surface area contributed by atoms with E-state index in [0.717, 1.165) is 59.9 Å². The molecule has 1 aliphatic rings. The number of nitrogens with zero attached hydrogens (tertiary/aromatic N) is 8. The van der Waals surface area contributed by atoms with Gasteiger partial charge in [0.05, 0.1) is 41.8 Å². The second kappa shape index (κ2) is 9.06. The van der Waals surface area contributed by atoms with Crippen molar-refractivity contribution in [2.24, 2.45) is 0 Å². The lowest BCUT2D eigenvalue weighted by Gasteiger charge is -2.27. The van der Waals surface area contributed by atoms with Crippen LogP contribution >= 0.6 is 0 Å². The Kier molecular flexibility index (Phi) is 5.93. The molecule has 0 unspecified atom stereocenters. The summed E-state index contributed by atoms with van der Waals surface area (Å²) < 4.78 is 7.34. The normalized spacial score (nSPS) is 14.5. The number of aryl methyl sites for hydroxylation is 1. The number of hydrogen-bond donors (Lipinski definition) is 1. The van der Waals surface area contributed by atoms with Crippen LogP contribution in [0.1, 0.15) is 42.5 Å². The molecule has 0 saturated carbocycles. The van der Waals surface area contributed by atoms with Gasteiger partial charge in [-0.25, -0.2) is 9.50 Å². The van der Waals surface area contributed by atoms with E-state index in [9.17, 15) is 4.79 Å². The van der Waals surface area contributed by atoms with E-state index in [1.165, 1.54) is 4.80 Å². The fraction of sp³-hybridized carbons (Fsp3) is 0.417. The second-order valence-electron chi connectivity index (χ2n) is 9.63. The molecule has 1 amide bonds. The van der Waals surface area contributed by atoms with E-state index in [-0.39, 0.29) is 17.3 Å². The lowest BCUT2D eigenvalue weighted by Crippen LogP contribution is -2.35. The van der Waals surface area contributed by atoms with Gasteiger partial charge >= 0.3 is 0 Å². The predicted molar refractivity (Wildman–Crippen MR) is 130 cm³/mol. The Morgan fingerprint density at radius 2 is 1.97 bits per heavy atom. The molecule has 3 aromatic heterocycles. The molecular weight excluding hydrogens is 446 g/mol. The zero-order valence-electron chi connectivity index (χ0n) is 20.4. The number of nitrogens with one attached hydrogen (secondary N) is 1. The summed E-state index contributed by atoms with van der Waals surface area (Å²) in [7, 11) is 0. The van der Waals surface area contributed by atoms with Crippen LogP contribution in [-0.2, 0) is 16.8 Å². The van der Waals surface area contributed by atoms with Gasteiger partial charge in [0, 0.05) is 25.2 Å². The van der Waals surface area contributed by atoms with Crippen LogP contribution in [-0.4, -0.2) is 67.0 Å². The molecule has 0 bridgehead atoms. The number of carbonyl (C=O) groups is 1. The Balaban J connectivity index is 1.33. The van der Waals surface area contributed by atoms with Gasteiger partial charge in [0.25, 0.3) is 11.7 Å². The Morgan fingerprint density at radius 3 is 2.69 bits per heavy atom. The maximum absolute atomic E-state index is 12.5. The largest absolute Gasteiger partial charge is 0.378 e. The molecule has 5 rings (SSSR count). The molecule has 0 radical (unpaired) electrons. The van der Waals surface area contributed by atoms with Crippen molar-refractivity contribution in [3.8, 4) is 11.3 Å². The Bertz CT molecular complexity index is 1360. The quantitative estimate of drug-likeness (QED) is 0.467. The number of anilines is 1. The highest BCUT2D eigenvalue weighted by molar-refractivity contribution is 5.90. The molecular formula is C24H29N9O2. The zero-order chi connectivity index (χ0) is 24.6. The summed E-state index contributed by atoms with van der Waals surface area (Å²) in [6.45, 7) is 11.4. The summed E-state index contributed by atoms with van der Waals surface area (Å²) in [5.41, 5.74) is 5.62. The van der Waals surface area contributed by atoms with E-state index in [1.807, 2.05) is 50.5 Å². The molecule has 182 valence electrons. The van der Waals surface area contributed by atoms with E-state index in [4.69, 9.17) is 4.74 Å². The van der Waals surface area contributed by atoms with Crippen LogP contribution in [0.4, 0.5) is 5.69 Å². The standard InChI is InChI=1S/C24H29N9O2/c1-16-11-17(5-6-18(16)13-25-23(34)22-28-30-33(29-22)24(2,3)4)21-20-12-19(14-32(20)27-15-26-21)31-7-9-35-10-8-31/h5-6,11-12,14-15H,7-10,13H2,1-4H3,(H,25,34). The summed E-state index contributed by atoms with van der Waals surface area (Å²) >= 11 is 0. The smallest absolute Gasteiger partial charge is 0.293 e. The molecule has 1 fully saturated rings. The lowest BCUT2D eigenvalue weighted by molar-refractivity contribution is 0.0939. The number of carbonyl (C=O) groups excluding carboxylic acids is 1. The van der Waals surface area contributed by atoms with Crippen molar-refractivity contribution in [2.75, 3.05) is 31.2 Å². The van der Waals surface area contributed by atoms with Gasteiger partial charge in [-0.1, -0.05) is 12.1 Å². The van der Waals surface area contributed by atoms with Crippen LogP contribution in [0, 0.1) is 6.92 Å². The number of rotatable bonds is 5. The Hall–Kier alpha value is -3.86. The molecule has 4 heterocycles. The maximum atomic E-state index is 12.5. The molecule has 4 aromatic rings. The van der Waals surface area contributed by atoms with E-state index >= 15 is 0 Å². The first kappa shape index (κ1) is 22.9. The number of amides is 1. The second-order valence-corrected chi connectivity index (χ2v) is 9.63. The van der Waals surface area contributed by atoms with Crippen LogP contribution in [0.3, 0.4) is 0 Å². The van der Waals surface area contributed by atoms with Crippen LogP contribution in [0.5, 0.6) is 0 Å². The first-order valence-corrected chi connectivity index (χ1v) is 11.6. The minimum absolute atomic E-state index is 0.0573. The van der Waals surface area contributed by atoms with E-state index in [2.05, 4.69) is 47.8 Å². The molecule has 0 aliphatic carbocycles. The number of ether oxygens (including phenoxy) is 1. The van der Waals surface area contributed by atoms with Crippen LogP contribution in [0.25, 0.3) is 16.8 Å². The van der Waals surface area contributed by atoms with Crippen molar-refractivity contribution in [3.05, 3.63) is 53.7 Å². The number of tetrazole rings is 1. The predicted octanol–water partition coefficient (Wildman–Crippen LogP) is 2.21. The highest BCUT2D eigenvalue weighted by Gasteiger charge is 2.20. The van der Waals surface area contributed by atoms with E-state index in [1.54, 1.807) is 6.33 Å². The molecule has 0 atom stereocenters. The zero-order valence-corrected chi connectivity index (χ0v) is 20.4. The third kappa shape index (κ3) is 4.72. The SMILES string of the molecule is Cc1cc(-c2ncnn3cc(N4CCOCC4)cc23)ccc1CNC(=O)c1nnn(C(C)(C)C)n1. The first-order valence-electron chi connectivity index (χ1n) is 11.6. The highest BCUT2D eigenvalue weighted by Crippen LogP contribution is 2.28. The Morgan fingerprint density at radius 1 is 1.17 bits per heavy atom. The first-order chi connectivity index (χ1) is 16.8. The van der Waals surface area contributed by atoms with Gasteiger partial charge in [0.1, 0.15) is 6.33 Å². The molecule has 35 heavy (non-hydrogen) atoms. The van der Waals surface area contributed by atoms with Gasteiger partial charge in [-0.2, -0.15) is 9.90 Å². The van der Waals surface area contributed by atoms with Gasteiger partial charge in [0.15, 0.2) is 0 Å². The van der Waals surface area contributed by atoms with Gasteiger partial charge in [-0.3, -0.25) is 4.79 Å². The van der Waals surface area contributed by atoms with Crippen molar-refractivity contribution in [3.63, 3.8) is 0 Å². The maximum Gasteiger partial charge on any atom is 0.293 e. The third-order valence-electron chi connectivity index (χ3n) is 6.04. The molecule has 1 saturated heterocycles. The average molecular weight is 476 g/mol. The van der Waals surface area contributed by atoms with E-state index in [0.29, 0.717) is 6.54 Å². The number of fused-ring (bicyclic) bond motifs is 1. The minimum Gasteiger partial charge on any atom is -0.378 e. The third-order valence-corrected chi connectivity index (χ3v) is 6.04. The summed E-state index contributed by atoms with van der Waals surface area (Å²) in [4.78, 5) is 20.8. The summed E-state index contributed by atoms with van der Waals surface area (Å²) in [5, 5.41) is 19.3. The number of morpholine rings is 1. The molecule has 11 nitrogen and oxygen atoms in total. The minimum atomic E-state index is -0.356. The van der Waals surface area contributed by atoms with Crippen molar-refractivity contribution in [1.82, 2.24) is 40.1 Å². The number of hydrogen-bond acceptors (Lipinski definition) is 8. The van der Waals surface area contributed by atoms with Crippen LogP contribution in [0.15, 0.2) is 36.8 Å². The Labute approximate surface area is 203 Å². The summed E-state index contributed by atoms with van der Waals surface area (Å²) in [6, 6.07) is 8.24. The van der Waals surface area contributed by atoms with Gasteiger partial charge in [-0.15, -0.1) is 10.2 Å². The van der Waals surface area contributed by atoms with Gasteiger partial charge in [0.2, 0.25) is 0 Å². The average Bonchev–Trinajstić information content (AvgIpc) is 3.51. The van der Waals surface area contributed by atoms with Crippen LogP contribution in [0.2, 0.25) is 0 Å². The molecule has 1 aliphatic heterocycles. The van der Waals surface area contributed by atoms with Crippen LogP contribution < -0.4 is 10.2 Å².